The van der Waals surface area contributed by atoms with Crippen LogP contribution in [0.25, 0.3) is 0 Å². The van der Waals surface area contributed by atoms with Crippen LogP contribution in [-0.4, -0.2) is 47.1 Å². The molecule has 0 saturated heterocycles. The van der Waals surface area contributed by atoms with E-state index in [0.717, 1.165) is 6.42 Å². The molecule has 2 unspecified atom stereocenters. The van der Waals surface area contributed by atoms with E-state index in [0.29, 0.717) is 13.0 Å². The van der Waals surface area contributed by atoms with Crippen LogP contribution < -0.4 is 5.32 Å². The molecule has 0 aliphatic heterocycles. The number of aliphatic hydroxyl groups is 2. The standard InChI is InChI=1S/C18H31NO4/c1-5-23-16(11-7-6-10-15(2)20)12-8-9-13-17(21)19-14-18(3,4)22/h6-7,9-11,13,15-16,20,22H,5,8,12,14H2,1-4H3,(H,19,21)/b10-6+,11-7+,13-9+. The Kier molecular flexibility index (Phi) is 11.3. The molecule has 0 saturated carbocycles. The van der Waals surface area contributed by atoms with Crippen LogP contribution in [0.4, 0.5) is 0 Å². The van der Waals surface area contributed by atoms with E-state index in [1.807, 2.05) is 19.1 Å². The fourth-order valence-electron chi connectivity index (χ4n) is 1.68. The van der Waals surface area contributed by atoms with Crippen molar-refractivity contribution in [3.63, 3.8) is 0 Å². The van der Waals surface area contributed by atoms with Crippen LogP contribution in [0, 0.1) is 0 Å². The first kappa shape index (κ1) is 21.6. The Labute approximate surface area is 139 Å². The van der Waals surface area contributed by atoms with Gasteiger partial charge >= 0.3 is 0 Å². The van der Waals surface area contributed by atoms with Crippen molar-refractivity contribution < 1.29 is 19.7 Å². The van der Waals surface area contributed by atoms with Gasteiger partial charge in [0, 0.05) is 13.2 Å². The van der Waals surface area contributed by atoms with Gasteiger partial charge in [-0.05, 0) is 46.6 Å². The summed E-state index contributed by atoms with van der Waals surface area (Å²) in [4.78, 5) is 11.5. The summed E-state index contributed by atoms with van der Waals surface area (Å²) in [6, 6.07) is 0. The number of amides is 1. The van der Waals surface area contributed by atoms with Crippen molar-refractivity contribution in [1.29, 1.82) is 0 Å². The smallest absolute Gasteiger partial charge is 0.243 e. The first-order valence-corrected chi connectivity index (χ1v) is 8.06. The van der Waals surface area contributed by atoms with E-state index in [1.54, 1.807) is 39.0 Å². The molecule has 0 aliphatic carbocycles. The number of ether oxygens (including phenoxy) is 1. The molecule has 0 aliphatic rings. The summed E-state index contributed by atoms with van der Waals surface area (Å²) in [6.45, 7) is 7.75. The molecule has 0 spiro atoms. The van der Waals surface area contributed by atoms with Crippen LogP contribution in [0.5, 0.6) is 0 Å². The van der Waals surface area contributed by atoms with Crippen molar-refractivity contribution in [1.82, 2.24) is 5.32 Å². The van der Waals surface area contributed by atoms with Crippen molar-refractivity contribution in [3.8, 4) is 0 Å². The van der Waals surface area contributed by atoms with Gasteiger partial charge in [0.05, 0.1) is 17.8 Å². The average molecular weight is 325 g/mol. The van der Waals surface area contributed by atoms with Gasteiger partial charge in [-0.2, -0.15) is 0 Å². The third kappa shape index (κ3) is 15.2. The van der Waals surface area contributed by atoms with E-state index in [9.17, 15) is 9.90 Å². The highest BCUT2D eigenvalue weighted by atomic mass is 16.5. The first-order chi connectivity index (χ1) is 10.7. The van der Waals surface area contributed by atoms with E-state index in [1.165, 1.54) is 6.08 Å². The summed E-state index contributed by atoms with van der Waals surface area (Å²) < 4.78 is 5.60. The van der Waals surface area contributed by atoms with Crippen molar-refractivity contribution in [3.05, 3.63) is 36.5 Å². The molecule has 0 bridgehead atoms. The number of carbonyl (C=O) groups is 1. The minimum absolute atomic E-state index is 0.0252. The zero-order chi connectivity index (χ0) is 17.7. The summed E-state index contributed by atoms with van der Waals surface area (Å²) in [5.74, 6) is -0.213. The van der Waals surface area contributed by atoms with Gasteiger partial charge in [0.1, 0.15) is 0 Å². The number of rotatable bonds is 11. The molecule has 5 heteroatoms. The van der Waals surface area contributed by atoms with Crippen LogP contribution in [0.1, 0.15) is 40.5 Å². The van der Waals surface area contributed by atoms with E-state index >= 15 is 0 Å². The lowest BCUT2D eigenvalue weighted by Gasteiger charge is -2.16. The van der Waals surface area contributed by atoms with Crippen molar-refractivity contribution in [2.45, 2.75) is 58.3 Å². The van der Waals surface area contributed by atoms with Gasteiger partial charge in [-0.1, -0.05) is 30.4 Å². The Morgan fingerprint density at radius 3 is 2.52 bits per heavy atom. The molecule has 0 rings (SSSR count). The van der Waals surface area contributed by atoms with Gasteiger partial charge in [-0.25, -0.2) is 0 Å². The number of nitrogens with one attached hydrogen (secondary N) is 1. The molecule has 132 valence electrons. The summed E-state index contributed by atoms with van der Waals surface area (Å²) >= 11 is 0. The quantitative estimate of drug-likeness (QED) is 0.401. The maximum Gasteiger partial charge on any atom is 0.243 e. The van der Waals surface area contributed by atoms with Gasteiger partial charge in [0.2, 0.25) is 5.91 Å². The minimum Gasteiger partial charge on any atom is -0.389 e. The fourth-order valence-corrected chi connectivity index (χ4v) is 1.68. The number of hydrogen-bond acceptors (Lipinski definition) is 4. The lowest BCUT2D eigenvalue weighted by Crippen LogP contribution is -2.37. The van der Waals surface area contributed by atoms with E-state index in [2.05, 4.69) is 5.32 Å². The molecule has 0 heterocycles. The third-order valence-corrected chi connectivity index (χ3v) is 2.79. The Morgan fingerprint density at radius 2 is 1.96 bits per heavy atom. The largest absolute Gasteiger partial charge is 0.389 e. The Bertz CT molecular complexity index is 406. The monoisotopic (exact) mass is 325 g/mol. The topological polar surface area (TPSA) is 78.8 Å². The van der Waals surface area contributed by atoms with Gasteiger partial charge < -0.3 is 20.3 Å². The van der Waals surface area contributed by atoms with Gasteiger partial charge in [-0.3, -0.25) is 4.79 Å². The second-order valence-electron chi connectivity index (χ2n) is 6.01. The number of allylic oxidation sites excluding steroid dienone is 3. The lowest BCUT2D eigenvalue weighted by atomic mass is 10.1. The Morgan fingerprint density at radius 1 is 1.30 bits per heavy atom. The summed E-state index contributed by atoms with van der Waals surface area (Å²) in [7, 11) is 0. The fraction of sp³-hybridized carbons (Fsp3) is 0.611. The van der Waals surface area contributed by atoms with Crippen LogP contribution in [0.3, 0.4) is 0 Å². The Hall–Kier alpha value is -1.43. The molecule has 0 aromatic heterocycles. The van der Waals surface area contributed by atoms with Crippen molar-refractivity contribution in [2.75, 3.05) is 13.2 Å². The van der Waals surface area contributed by atoms with Crippen molar-refractivity contribution in [2.24, 2.45) is 0 Å². The van der Waals surface area contributed by atoms with Crippen LogP contribution in [0.15, 0.2) is 36.5 Å². The second-order valence-corrected chi connectivity index (χ2v) is 6.01. The number of aliphatic hydroxyl groups excluding tert-OH is 1. The lowest BCUT2D eigenvalue weighted by molar-refractivity contribution is -0.117. The zero-order valence-electron chi connectivity index (χ0n) is 14.7. The Balaban J connectivity index is 4.16. The van der Waals surface area contributed by atoms with Crippen LogP contribution in [0.2, 0.25) is 0 Å². The van der Waals surface area contributed by atoms with Crippen LogP contribution >= 0.6 is 0 Å². The highest BCUT2D eigenvalue weighted by Crippen LogP contribution is 2.06. The molecule has 1 amide bonds. The number of hydrogen-bond donors (Lipinski definition) is 3. The maximum absolute atomic E-state index is 11.5. The predicted octanol–water partition coefficient (Wildman–Crippen LogP) is 2.11. The van der Waals surface area contributed by atoms with Gasteiger partial charge in [-0.15, -0.1) is 0 Å². The molecular weight excluding hydrogens is 294 g/mol. The molecule has 3 N–H and O–H groups in total. The molecular formula is C18H31NO4. The summed E-state index contributed by atoms with van der Waals surface area (Å²) in [6.07, 6.45) is 11.5. The molecule has 0 aromatic rings. The molecule has 23 heavy (non-hydrogen) atoms. The maximum atomic E-state index is 11.5. The predicted molar refractivity (Wildman–Crippen MR) is 93.1 cm³/mol. The highest BCUT2D eigenvalue weighted by molar-refractivity contribution is 5.87. The highest BCUT2D eigenvalue weighted by Gasteiger charge is 2.12. The third-order valence-electron chi connectivity index (χ3n) is 2.79. The second kappa shape index (κ2) is 12.0. The average Bonchev–Trinajstić information content (AvgIpc) is 2.44. The van der Waals surface area contributed by atoms with Crippen LogP contribution in [-0.2, 0) is 9.53 Å². The summed E-state index contributed by atoms with van der Waals surface area (Å²) in [5.41, 5.74) is -0.909. The molecule has 0 fully saturated rings. The SMILES string of the molecule is CCOC(/C=C/C=C/C(C)O)CC/C=C/C(=O)NCC(C)(C)O. The molecule has 0 radical (unpaired) electrons. The normalized spacial score (nSPS) is 15.6. The summed E-state index contributed by atoms with van der Waals surface area (Å²) in [5, 5.41) is 21.3. The number of carbonyl (C=O) groups excluding carboxylic acids is 1. The first-order valence-electron chi connectivity index (χ1n) is 8.06. The molecule has 0 aromatic carbocycles. The van der Waals surface area contributed by atoms with Gasteiger partial charge in [0.25, 0.3) is 0 Å². The minimum atomic E-state index is -0.909. The zero-order valence-corrected chi connectivity index (χ0v) is 14.7. The van der Waals surface area contributed by atoms with Gasteiger partial charge in [0.15, 0.2) is 0 Å². The molecule has 2 atom stereocenters. The van der Waals surface area contributed by atoms with Crippen molar-refractivity contribution >= 4 is 5.91 Å². The molecule has 5 nitrogen and oxygen atoms in total. The van der Waals surface area contributed by atoms with E-state index < -0.39 is 11.7 Å². The van der Waals surface area contributed by atoms with E-state index in [-0.39, 0.29) is 18.6 Å². The van der Waals surface area contributed by atoms with E-state index in [4.69, 9.17) is 9.84 Å².